The van der Waals surface area contributed by atoms with E-state index < -0.39 is 6.10 Å². The quantitative estimate of drug-likeness (QED) is 0.673. The molecule has 0 saturated heterocycles. The topological polar surface area (TPSA) is 45.6 Å². The lowest BCUT2D eigenvalue weighted by atomic mass is 9.97. The van der Waals surface area contributed by atoms with Gasteiger partial charge in [0.25, 0.3) is 0 Å². The number of pyridine rings is 1. The smallest absolute Gasteiger partial charge is 0.123 e. The van der Waals surface area contributed by atoms with Crippen LogP contribution in [0.25, 0.3) is 0 Å². The van der Waals surface area contributed by atoms with E-state index in [-0.39, 0.29) is 0 Å². The van der Waals surface area contributed by atoms with Crippen molar-refractivity contribution in [3.05, 3.63) is 95.3 Å². The highest BCUT2D eigenvalue weighted by molar-refractivity contribution is 5.40. The maximum atomic E-state index is 10.7. The Kier molecular flexibility index (Phi) is 6.23. The van der Waals surface area contributed by atoms with Crippen LogP contribution in [0.1, 0.15) is 47.6 Å². The van der Waals surface area contributed by atoms with E-state index in [1.807, 2.05) is 24.3 Å². The van der Waals surface area contributed by atoms with E-state index in [0.29, 0.717) is 12.5 Å². The average molecular weight is 389 g/mol. The van der Waals surface area contributed by atoms with Gasteiger partial charge in [-0.1, -0.05) is 49.4 Å². The van der Waals surface area contributed by atoms with Crippen molar-refractivity contribution in [1.82, 2.24) is 9.88 Å². The fourth-order valence-corrected chi connectivity index (χ4v) is 3.88. The number of nitrogens with zero attached hydrogens (tertiary/aromatic N) is 2. The Morgan fingerprint density at radius 2 is 1.86 bits per heavy atom. The third-order valence-corrected chi connectivity index (χ3v) is 5.71. The Labute approximate surface area is 172 Å². The van der Waals surface area contributed by atoms with Crippen LogP contribution in [0.5, 0.6) is 5.75 Å². The summed E-state index contributed by atoms with van der Waals surface area (Å²) >= 11 is 0. The van der Waals surface area contributed by atoms with Gasteiger partial charge < -0.3 is 9.84 Å². The Morgan fingerprint density at radius 3 is 2.66 bits per heavy atom. The summed E-state index contributed by atoms with van der Waals surface area (Å²) in [4.78, 5) is 6.57. The molecule has 0 bridgehead atoms. The van der Waals surface area contributed by atoms with E-state index in [1.54, 1.807) is 12.4 Å². The second-order valence-electron chi connectivity index (χ2n) is 7.78. The SMILES string of the molecule is CC(CCN1CCOc2ccc(C(O)c3cccnc3)cc2C1)c1ccccc1. The molecule has 1 aliphatic heterocycles. The molecule has 2 unspecified atom stereocenters. The standard InChI is InChI=1S/C25H28N2O2/c1-19(20-6-3-2-4-7-20)11-13-27-14-15-29-24-10-9-21(16-23(24)18-27)25(28)22-8-5-12-26-17-22/h2-10,12,16-17,19,25,28H,11,13-15,18H2,1H3. The van der Waals surface area contributed by atoms with Crippen molar-refractivity contribution in [3.8, 4) is 5.75 Å². The number of fused-ring (bicyclic) bond motifs is 1. The number of benzene rings is 2. The van der Waals surface area contributed by atoms with Crippen molar-refractivity contribution < 1.29 is 9.84 Å². The lowest BCUT2D eigenvalue weighted by molar-refractivity contribution is 0.219. The molecule has 2 aromatic carbocycles. The van der Waals surface area contributed by atoms with Crippen molar-refractivity contribution in [2.24, 2.45) is 0 Å². The van der Waals surface area contributed by atoms with Crippen molar-refractivity contribution >= 4 is 0 Å². The number of aliphatic hydroxyl groups is 1. The Balaban J connectivity index is 1.45. The summed E-state index contributed by atoms with van der Waals surface area (Å²) in [5.74, 6) is 1.45. The highest BCUT2D eigenvalue weighted by Gasteiger charge is 2.19. The second-order valence-corrected chi connectivity index (χ2v) is 7.78. The molecule has 0 aliphatic carbocycles. The molecule has 0 spiro atoms. The van der Waals surface area contributed by atoms with Gasteiger partial charge in [0, 0.05) is 36.6 Å². The van der Waals surface area contributed by atoms with Crippen LogP contribution in [0, 0.1) is 0 Å². The summed E-state index contributed by atoms with van der Waals surface area (Å²) in [5, 5.41) is 10.7. The van der Waals surface area contributed by atoms with Gasteiger partial charge in [-0.15, -0.1) is 0 Å². The molecule has 1 N–H and O–H groups in total. The molecule has 0 radical (unpaired) electrons. The summed E-state index contributed by atoms with van der Waals surface area (Å²) in [6.45, 7) is 5.76. The normalized spacial score (nSPS) is 16.3. The number of aliphatic hydroxyl groups excluding tert-OH is 1. The van der Waals surface area contributed by atoms with Gasteiger partial charge in [-0.3, -0.25) is 9.88 Å². The first-order chi connectivity index (χ1) is 14.2. The highest BCUT2D eigenvalue weighted by Crippen LogP contribution is 2.30. The van der Waals surface area contributed by atoms with E-state index in [4.69, 9.17) is 4.74 Å². The minimum absolute atomic E-state index is 0.526. The zero-order valence-corrected chi connectivity index (χ0v) is 16.9. The number of hydrogen-bond acceptors (Lipinski definition) is 4. The highest BCUT2D eigenvalue weighted by atomic mass is 16.5. The van der Waals surface area contributed by atoms with Crippen LogP contribution >= 0.6 is 0 Å². The Morgan fingerprint density at radius 1 is 1.03 bits per heavy atom. The van der Waals surface area contributed by atoms with E-state index in [2.05, 4.69) is 53.2 Å². The summed E-state index contributed by atoms with van der Waals surface area (Å²) in [5.41, 5.74) is 4.20. The fourth-order valence-electron chi connectivity index (χ4n) is 3.88. The van der Waals surface area contributed by atoms with Crippen LogP contribution in [0.3, 0.4) is 0 Å². The summed E-state index contributed by atoms with van der Waals surface area (Å²) in [6.07, 6.45) is 3.86. The van der Waals surface area contributed by atoms with Crippen molar-refractivity contribution in [3.63, 3.8) is 0 Å². The van der Waals surface area contributed by atoms with E-state index in [0.717, 1.165) is 48.5 Å². The maximum Gasteiger partial charge on any atom is 0.123 e. The van der Waals surface area contributed by atoms with Gasteiger partial charge in [0.1, 0.15) is 18.5 Å². The van der Waals surface area contributed by atoms with Crippen LogP contribution in [0.2, 0.25) is 0 Å². The number of hydrogen-bond donors (Lipinski definition) is 1. The molecule has 1 aliphatic rings. The molecule has 4 rings (SSSR count). The summed E-state index contributed by atoms with van der Waals surface area (Å²) in [6, 6.07) is 20.5. The number of rotatable bonds is 6. The first-order valence-electron chi connectivity index (χ1n) is 10.3. The van der Waals surface area contributed by atoms with Gasteiger partial charge in [-0.05, 0) is 48.2 Å². The van der Waals surface area contributed by atoms with E-state index in [9.17, 15) is 5.11 Å². The molecule has 2 heterocycles. The van der Waals surface area contributed by atoms with E-state index in [1.165, 1.54) is 5.56 Å². The predicted octanol–water partition coefficient (Wildman–Crippen LogP) is 4.55. The van der Waals surface area contributed by atoms with Gasteiger partial charge in [-0.25, -0.2) is 0 Å². The predicted molar refractivity (Wildman–Crippen MR) is 115 cm³/mol. The van der Waals surface area contributed by atoms with Crippen LogP contribution in [-0.2, 0) is 6.54 Å². The molecule has 0 fully saturated rings. The molecule has 29 heavy (non-hydrogen) atoms. The van der Waals surface area contributed by atoms with E-state index >= 15 is 0 Å². The average Bonchev–Trinajstić information content (AvgIpc) is 2.99. The molecule has 0 amide bonds. The molecule has 0 saturated carbocycles. The van der Waals surface area contributed by atoms with Gasteiger partial charge in [0.05, 0.1) is 0 Å². The van der Waals surface area contributed by atoms with Crippen LogP contribution in [0.4, 0.5) is 0 Å². The first kappa shape index (κ1) is 19.6. The van der Waals surface area contributed by atoms with Crippen molar-refractivity contribution in [2.45, 2.75) is 31.9 Å². The maximum absolute atomic E-state index is 10.7. The van der Waals surface area contributed by atoms with Gasteiger partial charge in [0.2, 0.25) is 0 Å². The van der Waals surface area contributed by atoms with Crippen molar-refractivity contribution in [1.29, 1.82) is 0 Å². The van der Waals surface area contributed by atoms with Crippen LogP contribution in [-0.4, -0.2) is 34.7 Å². The number of aromatic nitrogens is 1. The zero-order chi connectivity index (χ0) is 20.1. The second kappa shape index (κ2) is 9.21. The lowest BCUT2D eigenvalue weighted by Crippen LogP contribution is -2.27. The largest absolute Gasteiger partial charge is 0.492 e. The molecular formula is C25H28N2O2. The monoisotopic (exact) mass is 388 g/mol. The molecule has 1 aromatic heterocycles. The minimum Gasteiger partial charge on any atom is -0.492 e. The Bertz CT molecular complexity index is 915. The molecule has 4 heteroatoms. The third kappa shape index (κ3) is 4.84. The van der Waals surface area contributed by atoms with Crippen LogP contribution < -0.4 is 4.74 Å². The summed E-state index contributed by atoms with van der Waals surface area (Å²) < 4.78 is 5.97. The fraction of sp³-hybridized carbons (Fsp3) is 0.320. The Hall–Kier alpha value is -2.69. The molecule has 3 aromatic rings. The van der Waals surface area contributed by atoms with Gasteiger partial charge in [0.15, 0.2) is 0 Å². The lowest BCUT2D eigenvalue weighted by Gasteiger charge is -2.22. The first-order valence-corrected chi connectivity index (χ1v) is 10.3. The van der Waals surface area contributed by atoms with Crippen LogP contribution in [0.15, 0.2) is 73.1 Å². The molecule has 150 valence electrons. The summed E-state index contributed by atoms with van der Waals surface area (Å²) in [7, 11) is 0. The minimum atomic E-state index is -0.677. The third-order valence-electron chi connectivity index (χ3n) is 5.71. The zero-order valence-electron chi connectivity index (χ0n) is 16.9. The van der Waals surface area contributed by atoms with Gasteiger partial charge in [-0.2, -0.15) is 0 Å². The van der Waals surface area contributed by atoms with Crippen molar-refractivity contribution in [2.75, 3.05) is 19.7 Å². The van der Waals surface area contributed by atoms with Gasteiger partial charge >= 0.3 is 0 Å². The number of ether oxygens (including phenoxy) is 1. The molecule has 2 atom stereocenters. The molecular weight excluding hydrogens is 360 g/mol. The molecule has 4 nitrogen and oxygen atoms in total.